The van der Waals surface area contributed by atoms with Gasteiger partial charge >= 0.3 is 11.9 Å². The molecular formula is C33H33F4N9O2. The van der Waals surface area contributed by atoms with Gasteiger partial charge in [0.05, 0.1) is 18.7 Å². The van der Waals surface area contributed by atoms with E-state index in [0.717, 1.165) is 38.5 Å². The Balaban J connectivity index is 1.33. The first-order valence-electron chi connectivity index (χ1n) is 15.3. The minimum Gasteiger partial charge on any atom is -0.363 e. The monoisotopic (exact) mass is 663 g/mol. The lowest BCUT2D eigenvalue weighted by molar-refractivity contribution is -0.138. The fourth-order valence-electron chi connectivity index (χ4n) is 6.12. The fraction of sp³-hybridized carbons (Fsp3) is 0.303. The quantitative estimate of drug-likeness (QED) is 0.228. The van der Waals surface area contributed by atoms with Gasteiger partial charge in [-0.15, -0.1) is 10.2 Å². The summed E-state index contributed by atoms with van der Waals surface area (Å²) in [7, 11) is 0. The highest BCUT2D eigenvalue weighted by atomic mass is 19.4. The predicted molar refractivity (Wildman–Crippen MR) is 171 cm³/mol. The third-order valence-corrected chi connectivity index (χ3v) is 8.63. The molecular weight excluding hydrogens is 630 g/mol. The summed E-state index contributed by atoms with van der Waals surface area (Å²) in [5, 5.41) is 14.1. The molecule has 3 N–H and O–H groups in total. The zero-order valence-electron chi connectivity index (χ0n) is 26.0. The van der Waals surface area contributed by atoms with E-state index in [2.05, 4.69) is 25.5 Å². The summed E-state index contributed by atoms with van der Waals surface area (Å²) in [5.41, 5.74) is 5.89. The van der Waals surface area contributed by atoms with E-state index in [9.17, 15) is 27.2 Å². The van der Waals surface area contributed by atoms with E-state index in [1.165, 1.54) is 6.92 Å². The SMILES string of the molecule is Cc1c(N2CCN(Cc3cccc(-c4nn[nH]n4)c3)CC2)c(=O)n(C[C@H](N)c2ccccc2)c(=O)n1Cc1c(F)cccc1C(F)(F)F. The lowest BCUT2D eigenvalue weighted by atomic mass is 10.1. The average molecular weight is 664 g/mol. The van der Waals surface area contributed by atoms with E-state index in [1.807, 2.05) is 29.2 Å². The second kappa shape index (κ2) is 13.5. The van der Waals surface area contributed by atoms with E-state index < -0.39 is 47.0 Å². The highest BCUT2D eigenvalue weighted by Gasteiger charge is 2.35. The predicted octanol–water partition coefficient (Wildman–Crippen LogP) is 3.73. The molecule has 1 fully saturated rings. The number of benzene rings is 3. The Morgan fingerprint density at radius 3 is 2.33 bits per heavy atom. The van der Waals surface area contributed by atoms with Crippen LogP contribution in [0, 0.1) is 12.7 Å². The number of rotatable bonds is 9. The summed E-state index contributed by atoms with van der Waals surface area (Å²) in [4.78, 5) is 32.0. The maximum absolute atomic E-state index is 15.0. The van der Waals surface area contributed by atoms with Crippen molar-refractivity contribution in [2.45, 2.75) is 38.8 Å². The Morgan fingerprint density at radius 1 is 0.917 bits per heavy atom. The molecule has 1 saturated heterocycles. The van der Waals surface area contributed by atoms with Crippen molar-refractivity contribution >= 4 is 5.69 Å². The minimum atomic E-state index is -4.86. The largest absolute Gasteiger partial charge is 0.416 e. The first-order valence-corrected chi connectivity index (χ1v) is 15.3. The molecule has 250 valence electrons. The Hall–Kier alpha value is -5.15. The molecule has 6 rings (SSSR count). The van der Waals surface area contributed by atoms with Crippen LogP contribution in [-0.2, 0) is 25.8 Å². The summed E-state index contributed by atoms with van der Waals surface area (Å²) in [6.45, 7) is 3.07. The molecule has 0 amide bonds. The lowest BCUT2D eigenvalue weighted by Gasteiger charge is -2.37. The van der Waals surface area contributed by atoms with E-state index in [4.69, 9.17) is 5.73 Å². The number of nitrogens with zero attached hydrogens (tertiary/aromatic N) is 7. The van der Waals surface area contributed by atoms with Crippen molar-refractivity contribution in [3.63, 3.8) is 0 Å². The lowest BCUT2D eigenvalue weighted by Crippen LogP contribution is -2.51. The van der Waals surface area contributed by atoms with Crippen molar-refractivity contribution in [1.29, 1.82) is 0 Å². The number of hydrogen-bond acceptors (Lipinski definition) is 8. The van der Waals surface area contributed by atoms with Crippen molar-refractivity contribution in [1.82, 2.24) is 34.7 Å². The van der Waals surface area contributed by atoms with Crippen LogP contribution in [0.2, 0.25) is 0 Å². The van der Waals surface area contributed by atoms with Crippen LogP contribution in [0.15, 0.2) is 82.4 Å². The zero-order chi connectivity index (χ0) is 34.0. The molecule has 2 aromatic heterocycles. The standard InChI is InChI=1S/C33H33F4N9O2/c1-21-29(44-15-13-43(14-16-44)18-22-7-5-10-24(17-22)30-39-41-42-40-30)31(47)46(20-28(38)23-8-3-2-4-9-23)32(48)45(21)19-25-26(33(35,36)37)11-6-12-27(25)34/h2-12,17,28H,13-16,18-20,38H2,1H3,(H,39,40,41,42)/t28-/m0/s1. The molecule has 1 atom stereocenters. The number of H-pyrrole nitrogens is 1. The summed E-state index contributed by atoms with van der Waals surface area (Å²) >= 11 is 0. The van der Waals surface area contributed by atoms with Crippen LogP contribution in [0.1, 0.15) is 34.0 Å². The first kappa shape index (κ1) is 32.8. The Morgan fingerprint density at radius 2 is 1.65 bits per heavy atom. The molecule has 15 heteroatoms. The number of nitrogens with one attached hydrogen (secondary N) is 1. The van der Waals surface area contributed by atoms with Gasteiger partial charge < -0.3 is 10.6 Å². The highest BCUT2D eigenvalue weighted by molar-refractivity contribution is 5.55. The number of aromatic amines is 1. The molecule has 1 aliphatic rings. The number of nitrogens with two attached hydrogens (primary N) is 1. The van der Waals surface area contributed by atoms with Crippen LogP contribution in [-0.4, -0.2) is 60.8 Å². The van der Waals surface area contributed by atoms with Crippen LogP contribution >= 0.6 is 0 Å². The number of aromatic nitrogens is 6. The van der Waals surface area contributed by atoms with Gasteiger partial charge in [-0.2, -0.15) is 18.4 Å². The van der Waals surface area contributed by atoms with E-state index >= 15 is 0 Å². The van der Waals surface area contributed by atoms with Gasteiger partial charge in [0.2, 0.25) is 5.82 Å². The van der Waals surface area contributed by atoms with Crippen molar-refractivity contribution in [2.75, 3.05) is 31.1 Å². The third-order valence-electron chi connectivity index (χ3n) is 8.63. The summed E-state index contributed by atoms with van der Waals surface area (Å²) in [5.74, 6) is -0.623. The van der Waals surface area contributed by atoms with Crippen LogP contribution in [0.4, 0.5) is 23.2 Å². The number of hydrogen-bond donors (Lipinski definition) is 2. The molecule has 1 aliphatic heterocycles. The second-order valence-electron chi connectivity index (χ2n) is 11.7. The van der Waals surface area contributed by atoms with Crippen molar-refractivity contribution < 1.29 is 17.6 Å². The van der Waals surface area contributed by atoms with Crippen LogP contribution in [0.3, 0.4) is 0 Å². The van der Waals surface area contributed by atoms with Gasteiger partial charge in [0, 0.05) is 55.6 Å². The maximum atomic E-state index is 15.0. The van der Waals surface area contributed by atoms with Gasteiger partial charge in [0.1, 0.15) is 11.5 Å². The molecule has 0 aliphatic carbocycles. The third kappa shape index (κ3) is 6.78. The highest BCUT2D eigenvalue weighted by Crippen LogP contribution is 2.33. The molecule has 48 heavy (non-hydrogen) atoms. The van der Waals surface area contributed by atoms with Gasteiger partial charge in [-0.3, -0.25) is 18.8 Å². The molecule has 0 bridgehead atoms. The number of piperazine rings is 1. The number of alkyl halides is 3. The molecule has 3 aromatic carbocycles. The molecule has 3 heterocycles. The number of anilines is 1. The molecule has 0 saturated carbocycles. The number of tetrazole rings is 1. The van der Waals surface area contributed by atoms with Crippen molar-refractivity contribution in [2.24, 2.45) is 5.73 Å². The van der Waals surface area contributed by atoms with E-state index in [0.29, 0.717) is 44.1 Å². The first-order chi connectivity index (χ1) is 23.0. The second-order valence-corrected chi connectivity index (χ2v) is 11.7. The topological polar surface area (TPSA) is 131 Å². The van der Waals surface area contributed by atoms with Crippen LogP contribution in [0.5, 0.6) is 0 Å². The van der Waals surface area contributed by atoms with Crippen LogP contribution in [0.25, 0.3) is 11.4 Å². The molecule has 0 radical (unpaired) electrons. The molecule has 11 nitrogen and oxygen atoms in total. The summed E-state index contributed by atoms with van der Waals surface area (Å²) in [6.07, 6.45) is -4.86. The Kier molecular flexibility index (Phi) is 9.24. The summed E-state index contributed by atoms with van der Waals surface area (Å²) < 4.78 is 58.8. The zero-order valence-corrected chi connectivity index (χ0v) is 26.0. The Bertz CT molecular complexity index is 2000. The van der Waals surface area contributed by atoms with Crippen molar-refractivity contribution in [3.05, 3.63) is 127 Å². The van der Waals surface area contributed by atoms with Gasteiger partial charge in [-0.25, -0.2) is 9.18 Å². The van der Waals surface area contributed by atoms with Crippen molar-refractivity contribution in [3.8, 4) is 11.4 Å². The normalized spacial score (nSPS) is 14.8. The van der Waals surface area contributed by atoms with Crippen LogP contribution < -0.4 is 21.9 Å². The van der Waals surface area contributed by atoms with Gasteiger partial charge in [-0.1, -0.05) is 54.6 Å². The van der Waals surface area contributed by atoms with Gasteiger partial charge in [0.15, 0.2) is 0 Å². The van der Waals surface area contributed by atoms with Gasteiger partial charge in [0.25, 0.3) is 5.56 Å². The fourth-order valence-corrected chi connectivity index (χ4v) is 6.12. The van der Waals surface area contributed by atoms with E-state index in [-0.39, 0.29) is 17.9 Å². The van der Waals surface area contributed by atoms with Gasteiger partial charge in [-0.05, 0) is 41.5 Å². The Labute approximate surface area is 272 Å². The molecule has 5 aromatic rings. The average Bonchev–Trinajstić information content (AvgIpc) is 3.62. The maximum Gasteiger partial charge on any atom is 0.416 e. The number of halogens is 4. The van der Waals surface area contributed by atoms with E-state index in [1.54, 1.807) is 30.3 Å². The smallest absolute Gasteiger partial charge is 0.363 e. The molecule has 0 spiro atoms. The summed E-state index contributed by atoms with van der Waals surface area (Å²) in [6, 6.07) is 18.5. The minimum absolute atomic E-state index is 0.146. The molecule has 0 unspecified atom stereocenters.